The van der Waals surface area contributed by atoms with E-state index in [2.05, 4.69) is 44.3 Å². The first kappa shape index (κ1) is 29.5. The van der Waals surface area contributed by atoms with Crippen molar-refractivity contribution >= 4 is 17.5 Å². The number of carbonyl (C=O) groups excluding carboxylic acids is 2. The smallest absolute Gasteiger partial charge is 0.254 e. The molecular weight excluding hydrogens is 496 g/mol. The molecule has 212 valence electrons. The maximum atomic E-state index is 13.9. The van der Waals surface area contributed by atoms with E-state index >= 15 is 0 Å². The lowest BCUT2D eigenvalue weighted by molar-refractivity contribution is -0.123. The second kappa shape index (κ2) is 12.0. The molecule has 40 heavy (non-hydrogen) atoms. The maximum Gasteiger partial charge on any atom is 0.254 e. The van der Waals surface area contributed by atoms with Crippen LogP contribution in [-0.2, 0) is 16.6 Å². The molecule has 2 atom stereocenters. The number of hydrogen-bond acceptors (Lipinski definition) is 3. The number of nitrogens with one attached hydrogen (secondary N) is 1. The van der Waals surface area contributed by atoms with Crippen molar-refractivity contribution in [3.63, 3.8) is 0 Å². The molecule has 5 heteroatoms. The fourth-order valence-electron chi connectivity index (χ4n) is 5.51. The number of rotatable bonds is 7. The summed E-state index contributed by atoms with van der Waals surface area (Å²) in [5.74, 6) is -0.492. The van der Waals surface area contributed by atoms with Gasteiger partial charge in [0.15, 0.2) is 0 Å². The molecule has 3 aromatic rings. The third-order valence-corrected chi connectivity index (χ3v) is 7.95. The minimum atomic E-state index is -0.730. The van der Waals surface area contributed by atoms with Gasteiger partial charge in [0.1, 0.15) is 0 Å². The van der Waals surface area contributed by atoms with Crippen LogP contribution in [0, 0.1) is 12.8 Å². The van der Waals surface area contributed by atoms with Gasteiger partial charge in [0, 0.05) is 17.8 Å². The Kier molecular flexibility index (Phi) is 8.84. The average Bonchev–Trinajstić information content (AvgIpc) is 2.91. The van der Waals surface area contributed by atoms with Crippen LogP contribution >= 0.6 is 0 Å². The van der Waals surface area contributed by atoms with Crippen LogP contribution in [0.25, 0.3) is 0 Å². The Morgan fingerprint density at radius 1 is 0.950 bits per heavy atom. The first-order valence-electron chi connectivity index (χ1n) is 14.4. The second-order valence-electron chi connectivity index (χ2n) is 12.9. The van der Waals surface area contributed by atoms with Crippen LogP contribution in [0.15, 0.2) is 72.8 Å². The molecule has 1 saturated heterocycles. The number of aliphatic hydroxyl groups is 1. The van der Waals surface area contributed by atoms with E-state index < -0.39 is 5.60 Å². The van der Waals surface area contributed by atoms with Crippen molar-refractivity contribution < 1.29 is 14.7 Å². The molecule has 0 saturated carbocycles. The highest BCUT2D eigenvalue weighted by atomic mass is 16.3. The minimum Gasteiger partial charge on any atom is -0.390 e. The van der Waals surface area contributed by atoms with E-state index in [9.17, 15) is 14.7 Å². The molecule has 2 amide bonds. The van der Waals surface area contributed by atoms with Crippen LogP contribution in [0.1, 0.15) is 92.5 Å². The third kappa shape index (κ3) is 7.19. The highest BCUT2D eigenvalue weighted by Gasteiger charge is 2.40. The SMILES string of the molecule is Cc1ccccc1C(=O)N1CCCC(C(=O)Nc2cccc(C(C)(C)C)c2)[C@@H]1c1ccc(CCC(C)(C)O)cc1. The minimum absolute atomic E-state index is 0.0299. The lowest BCUT2D eigenvalue weighted by Gasteiger charge is -2.41. The van der Waals surface area contributed by atoms with Gasteiger partial charge in [-0.1, -0.05) is 75.4 Å². The zero-order valence-corrected chi connectivity index (χ0v) is 24.8. The fourth-order valence-corrected chi connectivity index (χ4v) is 5.51. The zero-order valence-electron chi connectivity index (χ0n) is 24.8. The van der Waals surface area contributed by atoms with Gasteiger partial charge in [-0.25, -0.2) is 0 Å². The van der Waals surface area contributed by atoms with Crippen molar-refractivity contribution in [1.82, 2.24) is 4.90 Å². The summed E-state index contributed by atoms with van der Waals surface area (Å²) in [5, 5.41) is 13.3. The number of piperidine rings is 1. The number of amides is 2. The predicted octanol–water partition coefficient (Wildman–Crippen LogP) is 7.23. The Hall–Kier alpha value is -3.44. The number of anilines is 1. The summed E-state index contributed by atoms with van der Waals surface area (Å²) in [6.45, 7) is 12.7. The fraction of sp³-hybridized carbons (Fsp3) is 0.429. The van der Waals surface area contributed by atoms with Gasteiger partial charge >= 0.3 is 0 Å². The number of nitrogens with zero attached hydrogens (tertiary/aromatic N) is 1. The predicted molar refractivity (Wildman–Crippen MR) is 163 cm³/mol. The van der Waals surface area contributed by atoms with Gasteiger partial charge in [-0.15, -0.1) is 0 Å². The molecule has 5 nitrogen and oxygen atoms in total. The summed E-state index contributed by atoms with van der Waals surface area (Å²) in [4.78, 5) is 29.7. The van der Waals surface area contributed by atoms with Crippen molar-refractivity contribution in [2.75, 3.05) is 11.9 Å². The summed E-state index contributed by atoms with van der Waals surface area (Å²) in [5.41, 5.74) is 4.86. The van der Waals surface area contributed by atoms with Crippen molar-refractivity contribution in [2.24, 2.45) is 5.92 Å². The average molecular weight is 541 g/mol. The zero-order chi connectivity index (χ0) is 29.1. The van der Waals surface area contributed by atoms with Crippen molar-refractivity contribution in [1.29, 1.82) is 0 Å². The van der Waals surface area contributed by atoms with E-state index in [1.165, 1.54) is 0 Å². The number of aryl methyl sites for hydroxylation is 2. The van der Waals surface area contributed by atoms with Crippen molar-refractivity contribution in [2.45, 2.75) is 84.3 Å². The number of carbonyl (C=O) groups is 2. The molecule has 0 aliphatic carbocycles. The molecule has 1 heterocycles. The first-order chi connectivity index (χ1) is 18.8. The molecule has 1 aliphatic rings. The van der Waals surface area contributed by atoms with Gasteiger partial charge in [-0.3, -0.25) is 9.59 Å². The maximum absolute atomic E-state index is 13.9. The van der Waals surface area contributed by atoms with Gasteiger partial charge < -0.3 is 15.3 Å². The summed E-state index contributed by atoms with van der Waals surface area (Å²) in [6, 6.07) is 23.5. The van der Waals surface area contributed by atoms with Gasteiger partial charge in [0.05, 0.1) is 17.6 Å². The molecule has 2 N–H and O–H groups in total. The molecule has 0 aromatic heterocycles. The van der Waals surface area contributed by atoms with Crippen LogP contribution < -0.4 is 5.32 Å². The summed E-state index contributed by atoms with van der Waals surface area (Å²) < 4.78 is 0. The number of likely N-dealkylation sites (tertiary alicyclic amines) is 1. The van der Waals surface area contributed by atoms with Crippen molar-refractivity contribution in [3.05, 3.63) is 101 Å². The number of hydrogen-bond donors (Lipinski definition) is 2. The lowest BCUT2D eigenvalue weighted by atomic mass is 9.82. The van der Waals surface area contributed by atoms with E-state index in [1.807, 2.05) is 80.3 Å². The Labute approximate surface area is 239 Å². The van der Waals surface area contributed by atoms with Gasteiger partial charge in [-0.2, -0.15) is 0 Å². The molecule has 0 bridgehead atoms. The summed E-state index contributed by atoms with van der Waals surface area (Å²) in [6.07, 6.45) is 2.88. The Morgan fingerprint density at radius 2 is 1.65 bits per heavy atom. The monoisotopic (exact) mass is 540 g/mol. The van der Waals surface area contributed by atoms with Crippen LogP contribution in [0.4, 0.5) is 5.69 Å². The van der Waals surface area contributed by atoms with E-state index in [-0.39, 0.29) is 29.2 Å². The normalized spacial score (nSPS) is 17.9. The molecule has 1 fully saturated rings. The molecule has 4 rings (SSSR count). The van der Waals surface area contributed by atoms with Crippen LogP contribution in [0.5, 0.6) is 0 Å². The third-order valence-electron chi connectivity index (χ3n) is 7.95. The lowest BCUT2D eigenvalue weighted by Crippen LogP contribution is -2.46. The highest BCUT2D eigenvalue weighted by molar-refractivity contribution is 5.98. The molecular formula is C35H44N2O3. The van der Waals surface area contributed by atoms with E-state index in [0.29, 0.717) is 24.9 Å². The largest absolute Gasteiger partial charge is 0.390 e. The first-order valence-corrected chi connectivity index (χ1v) is 14.4. The van der Waals surface area contributed by atoms with E-state index in [0.717, 1.165) is 40.8 Å². The van der Waals surface area contributed by atoms with Crippen LogP contribution in [0.3, 0.4) is 0 Å². The summed E-state index contributed by atoms with van der Waals surface area (Å²) in [7, 11) is 0. The molecule has 3 aromatic carbocycles. The van der Waals surface area contributed by atoms with Crippen LogP contribution in [-0.4, -0.2) is 34.0 Å². The quantitative estimate of drug-likeness (QED) is 0.332. The molecule has 1 aliphatic heterocycles. The Morgan fingerprint density at radius 3 is 2.30 bits per heavy atom. The van der Waals surface area contributed by atoms with E-state index in [1.54, 1.807) is 0 Å². The Balaban J connectivity index is 1.67. The molecule has 0 spiro atoms. The van der Waals surface area contributed by atoms with Gasteiger partial charge in [0.2, 0.25) is 5.91 Å². The molecule has 0 radical (unpaired) electrons. The van der Waals surface area contributed by atoms with Crippen LogP contribution in [0.2, 0.25) is 0 Å². The van der Waals surface area contributed by atoms with E-state index in [4.69, 9.17) is 0 Å². The highest BCUT2D eigenvalue weighted by Crippen LogP contribution is 2.38. The van der Waals surface area contributed by atoms with Gasteiger partial charge in [-0.05, 0) is 92.3 Å². The standard InChI is InChI=1S/C35H44N2O3/c1-24-11-7-8-14-29(24)33(39)37-22-10-15-30(32(38)36-28-13-9-12-27(23-28)34(2,3)4)31(37)26-18-16-25(17-19-26)20-21-35(5,6)40/h7-9,11-14,16-19,23,30-31,40H,10,15,20-22H2,1-6H3,(H,36,38)/t30?,31-/m0/s1. The second-order valence-corrected chi connectivity index (χ2v) is 12.9. The summed E-state index contributed by atoms with van der Waals surface area (Å²) >= 11 is 0. The Bertz CT molecular complexity index is 1330. The van der Waals surface area contributed by atoms with Crippen molar-refractivity contribution in [3.8, 4) is 0 Å². The molecule has 1 unspecified atom stereocenters. The van der Waals surface area contributed by atoms with Gasteiger partial charge in [0.25, 0.3) is 5.91 Å². The topological polar surface area (TPSA) is 69.6 Å². The number of benzene rings is 3.